The van der Waals surface area contributed by atoms with Crippen LogP contribution in [0.3, 0.4) is 0 Å². The molecule has 1 radical (unpaired) electrons. The Hall–Kier alpha value is -4.22. The van der Waals surface area contributed by atoms with E-state index >= 15 is 0 Å². The maximum Gasteiger partial charge on any atom is 0.131 e. The zero-order valence-electron chi connectivity index (χ0n) is 28.4. The van der Waals surface area contributed by atoms with Gasteiger partial charge in [-0.15, -0.1) is 59.7 Å². The van der Waals surface area contributed by atoms with Crippen LogP contribution < -0.4 is 5.19 Å². The third kappa shape index (κ3) is 7.42. The number of pyridine rings is 2. The number of halogens is 1. The molecule has 0 bridgehead atoms. The minimum absolute atomic E-state index is 0. The first-order chi connectivity index (χ1) is 22.4. The number of furan rings is 1. The van der Waals surface area contributed by atoms with Crippen LogP contribution in [0.5, 0.6) is 0 Å². The van der Waals surface area contributed by atoms with Gasteiger partial charge in [0.2, 0.25) is 0 Å². The molecule has 0 aliphatic carbocycles. The van der Waals surface area contributed by atoms with Crippen LogP contribution in [0.15, 0.2) is 114 Å². The summed E-state index contributed by atoms with van der Waals surface area (Å²) in [5.41, 5.74) is 9.27. The third-order valence-electron chi connectivity index (χ3n) is 8.40. The molecule has 6 heteroatoms. The molecule has 245 valence electrons. The SMILES string of the molecule is CC(C)(C)c1ccnc(-c2[c-]cc3oc4cccc(-c5ccccc5F)c4c3c2)c1.Cc1cc(-c2[c-]cccc2)ncc1[Si](C)(C)C.[Ir]. The summed E-state index contributed by atoms with van der Waals surface area (Å²) in [5.74, 6) is -0.249. The van der Waals surface area contributed by atoms with E-state index in [1.807, 2.05) is 66.9 Å². The molecule has 7 rings (SSSR count). The maximum atomic E-state index is 14.6. The number of benzene rings is 4. The monoisotopic (exact) mass is 827 g/mol. The van der Waals surface area contributed by atoms with E-state index in [1.54, 1.807) is 12.1 Å². The summed E-state index contributed by atoms with van der Waals surface area (Å²) >= 11 is 0. The number of aryl methyl sites for hydroxylation is 1. The first kappa shape index (κ1) is 35.1. The molecular formula is C42H39FIrN2OSi-2. The van der Waals surface area contributed by atoms with Crippen LogP contribution >= 0.6 is 0 Å². The van der Waals surface area contributed by atoms with Crippen LogP contribution in [0.4, 0.5) is 4.39 Å². The quantitative estimate of drug-likeness (QED) is 0.131. The predicted molar refractivity (Wildman–Crippen MR) is 196 cm³/mol. The van der Waals surface area contributed by atoms with E-state index < -0.39 is 8.07 Å². The molecule has 0 N–H and O–H groups in total. The molecule has 0 amide bonds. The average Bonchev–Trinajstić information content (AvgIpc) is 3.43. The Bertz CT molecular complexity index is 2200. The number of nitrogens with zero attached hydrogens (tertiary/aromatic N) is 2. The van der Waals surface area contributed by atoms with Gasteiger partial charge in [0.25, 0.3) is 0 Å². The molecule has 0 aliphatic heterocycles. The van der Waals surface area contributed by atoms with Crippen molar-refractivity contribution in [1.29, 1.82) is 0 Å². The average molecular weight is 827 g/mol. The summed E-state index contributed by atoms with van der Waals surface area (Å²) in [6, 6.07) is 37.3. The molecule has 3 nitrogen and oxygen atoms in total. The van der Waals surface area contributed by atoms with Crippen molar-refractivity contribution in [2.75, 3.05) is 0 Å². The van der Waals surface area contributed by atoms with Crippen LogP contribution in [0, 0.1) is 24.9 Å². The summed E-state index contributed by atoms with van der Waals surface area (Å²) in [4.78, 5) is 9.15. The fourth-order valence-corrected chi connectivity index (χ4v) is 7.61. The van der Waals surface area contributed by atoms with Crippen molar-refractivity contribution >= 4 is 35.2 Å². The summed E-state index contributed by atoms with van der Waals surface area (Å²) in [5, 5.41) is 3.28. The van der Waals surface area contributed by atoms with Crippen molar-refractivity contribution in [2.45, 2.75) is 52.8 Å². The summed E-state index contributed by atoms with van der Waals surface area (Å²) in [6.45, 7) is 15.8. The fourth-order valence-electron chi connectivity index (χ4n) is 5.91. The van der Waals surface area contributed by atoms with Gasteiger partial charge in [-0.25, -0.2) is 4.39 Å². The van der Waals surface area contributed by atoms with Crippen LogP contribution in [-0.2, 0) is 25.5 Å². The second-order valence-corrected chi connectivity index (χ2v) is 19.0. The molecule has 0 spiro atoms. The van der Waals surface area contributed by atoms with Gasteiger partial charge in [-0.2, -0.15) is 0 Å². The van der Waals surface area contributed by atoms with E-state index in [0.29, 0.717) is 5.56 Å². The Kier molecular flexibility index (Phi) is 10.3. The largest absolute Gasteiger partial charge is 0.500 e. The van der Waals surface area contributed by atoms with E-state index in [9.17, 15) is 4.39 Å². The van der Waals surface area contributed by atoms with E-state index in [1.165, 1.54) is 22.4 Å². The normalized spacial score (nSPS) is 11.6. The summed E-state index contributed by atoms with van der Waals surface area (Å²) < 4.78 is 20.6. The minimum atomic E-state index is -1.27. The molecule has 0 aliphatic rings. The van der Waals surface area contributed by atoms with E-state index in [-0.39, 0.29) is 31.3 Å². The van der Waals surface area contributed by atoms with Crippen molar-refractivity contribution in [3.05, 3.63) is 139 Å². The van der Waals surface area contributed by atoms with Crippen molar-refractivity contribution in [1.82, 2.24) is 9.97 Å². The van der Waals surface area contributed by atoms with Crippen molar-refractivity contribution in [3.8, 4) is 33.6 Å². The van der Waals surface area contributed by atoms with Gasteiger partial charge in [0.1, 0.15) is 11.4 Å². The second kappa shape index (κ2) is 14.1. The summed E-state index contributed by atoms with van der Waals surface area (Å²) in [6.07, 6.45) is 3.89. The first-order valence-electron chi connectivity index (χ1n) is 15.9. The maximum absolute atomic E-state index is 14.6. The van der Waals surface area contributed by atoms with Gasteiger partial charge in [-0.3, -0.25) is 0 Å². The van der Waals surface area contributed by atoms with Crippen LogP contribution in [-0.4, -0.2) is 18.0 Å². The van der Waals surface area contributed by atoms with Gasteiger partial charge >= 0.3 is 0 Å². The smallest absolute Gasteiger partial charge is 0.131 e. The molecule has 7 aromatic rings. The van der Waals surface area contributed by atoms with Crippen molar-refractivity contribution < 1.29 is 28.9 Å². The standard InChI is InChI=1S/C27H21FNO.C15H18NSi.Ir/c1-27(2,3)18-13-14-29-23(16-18)17-11-12-24-21(15-17)26-20(8-6-10-25(26)30-24)19-7-4-5-9-22(19)28;1-12-10-14(13-8-6-5-7-9-13)16-11-15(12)17(2,3)4;/h4-10,12-16H,1-3H3;5-8,10-11H,1-4H3;/q2*-1;. The minimum Gasteiger partial charge on any atom is -0.500 e. The van der Waals surface area contributed by atoms with E-state index in [0.717, 1.165) is 50.0 Å². The fraction of sp³-hybridized carbons (Fsp3) is 0.190. The molecule has 4 aromatic carbocycles. The van der Waals surface area contributed by atoms with Gasteiger partial charge in [-0.05, 0) is 58.2 Å². The topological polar surface area (TPSA) is 38.9 Å². The molecule has 0 fully saturated rings. The Morgan fingerprint density at radius 1 is 0.750 bits per heavy atom. The van der Waals surface area contributed by atoms with Gasteiger partial charge in [0.05, 0.1) is 13.7 Å². The number of aromatic nitrogens is 2. The zero-order chi connectivity index (χ0) is 33.3. The van der Waals surface area contributed by atoms with Crippen molar-refractivity contribution in [2.24, 2.45) is 0 Å². The molecule has 3 heterocycles. The second-order valence-electron chi connectivity index (χ2n) is 14.0. The molecule has 0 atom stereocenters. The van der Waals surface area contributed by atoms with Crippen LogP contribution in [0.2, 0.25) is 19.6 Å². The first-order valence-corrected chi connectivity index (χ1v) is 19.4. The van der Waals surface area contributed by atoms with Gasteiger partial charge in [-0.1, -0.05) is 93.8 Å². The number of rotatable bonds is 4. The zero-order valence-corrected chi connectivity index (χ0v) is 31.8. The van der Waals surface area contributed by atoms with Crippen LogP contribution in [0.1, 0.15) is 31.9 Å². The molecule has 0 saturated heterocycles. The molecule has 0 unspecified atom stereocenters. The van der Waals surface area contributed by atoms with E-state index in [4.69, 9.17) is 4.42 Å². The van der Waals surface area contributed by atoms with Gasteiger partial charge in [0, 0.05) is 43.4 Å². The molecular weight excluding hydrogens is 788 g/mol. The number of hydrogen-bond acceptors (Lipinski definition) is 3. The Balaban J connectivity index is 0.000000214. The van der Waals surface area contributed by atoms with E-state index in [2.05, 4.69) is 93.8 Å². The van der Waals surface area contributed by atoms with Crippen LogP contribution in [0.25, 0.3) is 55.6 Å². The van der Waals surface area contributed by atoms with Gasteiger partial charge in [0.15, 0.2) is 0 Å². The molecule has 3 aromatic heterocycles. The number of fused-ring (bicyclic) bond motifs is 3. The number of hydrogen-bond donors (Lipinski definition) is 0. The Labute approximate surface area is 297 Å². The third-order valence-corrected chi connectivity index (χ3v) is 10.5. The van der Waals surface area contributed by atoms with Crippen molar-refractivity contribution in [3.63, 3.8) is 0 Å². The predicted octanol–water partition coefficient (Wildman–Crippen LogP) is 11.0. The summed E-state index contributed by atoms with van der Waals surface area (Å²) in [7, 11) is -1.27. The van der Waals surface area contributed by atoms with Gasteiger partial charge < -0.3 is 14.4 Å². The Morgan fingerprint density at radius 3 is 2.17 bits per heavy atom. The molecule has 48 heavy (non-hydrogen) atoms. The Morgan fingerprint density at radius 2 is 1.48 bits per heavy atom. The molecule has 0 saturated carbocycles.